The van der Waals surface area contributed by atoms with E-state index in [0.29, 0.717) is 11.3 Å². The molecule has 0 fully saturated rings. The lowest BCUT2D eigenvalue weighted by atomic mass is 10.1. The number of hydrogen-bond donors (Lipinski definition) is 2. The summed E-state index contributed by atoms with van der Waals surface area (Å²) in [7, 11) is 1.38. The van der Waals surface area contributed by atoms with E-state index < -0.39 is 11.8 Å². The highest BCUT2D eigenvalue weighted by Gasteiger charge is 2.11. The van der Waals surface area contributed by atoms with Crippen LogP contribution in [-0.2, 0) is 6.61 Å². The van der Waals surface area contributed by atoms with Gasteiger partial charge in [-0.1, -0.05) is 12.1 Å². The second-order valence-corrected chi connectivity index (χ2v) is 4.28. The van der Waals surface area contributed by atoms with Gasteiger partial charge in [-0.3, -0.25) is 0 Å². The minimum Gasteiger partial charge on any atom is -0.494 e. The van der Waals surface area contributed by atoms with Crippen molar-refractivity contribution in [3.8, 4) is 11.5 Å². The molecule has 0 saturated heterocycles. The number of anilines is 1. The van der Waals surface area contributed by atoms with Crippen LogP contribution in [0.5, 0.6) is 11.5 Å². The molecule has 3 N–H and O–H groups in total. The Balaban J connectivity index is 2.17. The Labute approximate surface area is 120 Å². The van der Waals surface area contributed by atoms with Crippen LogP contribution >= 0.6 is 0 Å². The number of nitrogen functional groups attached to an aromatic ring is 1. The number of carboxylic acid groups (broad SMARTS) is 1. The molecular weight excluding hydrogens is 277 g/mol. The molecule has 0 aromatic heterocycles. The van der Waals surface area contributed by atoms with E-state index in [-0.39, 0.29) is 23.6 Å². The fourth-order valence-electron chi connectivity index (χ4n) is 1.80. The predicted octanol–water partition coefficient (Wildman–Crippen LogP) is 2.69. The molecule has 0 aliphatic heterocycles. The van der Waals surface area contributed by atoms with Gasteiger partial charge in [0.25, 0.3) is 0 Å². The third kappa shape index (κ3) is 3.22. The van der Waals surface area contributed by atoms with E-state index in [4.69, 9.17) is 20.3 Å². The van der Waals surface area contributed by atoms with Gasteiger partial charge in [0.15, 0.2) is 11.6 Å². The number of methoxy groups -OCH3 is 1. The zero-order chi connectivity index (χ0) is 15.4. The van der Waals surface area contributed by atoms with Crippen molar-refractivity contribution < 1.29 is 23.8 Å². The number of benzene rings is 2. The Morgan fingerprint density at radius 2 is 2.10 bits per heavy atom. The standard InChI is InChI=1S/C15H14FNO4/c1-20-13-4-2-3-9(14(13)16)8-21-10-5-6-12(17)11(7-10)15(18)19/h2-7H,8,17H2,1H3,(H,18,19). The van der Waals surface area contributed by atoms with Crippen LogP contribution in [0.3, 0.4) is 0 Å². The van der Waals surface area contributed by atoms with Crippen LogP contribution in [0.15, 0.2) is 36.4 Å². The van der Waals surface area contributed by atoms with Gasteiger partial charge in [-0.25, -0.2) is 9.18 Å². The Kier molecular flexibility index (Phi) is 4.27. The van der Waals surface area contributed by atoms with Gasteiger partial charge in [-0.2, -0.15) is 0 Å². The van der Waals surface area contributed by atoms with Gasteiger partial charge in [0.2, 0.25) is 0 Å². The Bertz CT molecular complexity index is 673. The smallest absolute Gasteiger partial charge is 0.337 e. The van der Waals surface area contributed by atoms with Crippen molar-refractivity contribution in [3.63, 3.8) is 0 Å². The summed E-state index contributed by atoms with van der Waals surface area (Å²) in [5.41, 5.74) is 5.94. The second-order valence-electron chi connectivity index (χ2n) is 4.28. The predicted molar refractivity (Wildman–Crippen MR) is 75.1 cm³/mol. The van der Waals surface area contributed by atoms with Crippen LogP contribution in [-0.4, -0.2) is 18.2 Å². The molecule has 2 aromatic rings. The largest absolute Gasteiger partial charge is 0.494 e. The van der Waals surface area contributed by atoms with Crippen molar-refractivity contribution in [1.82, 2.24) is 0 Å². The van der Waals surface area contributed by atoms with Crippen molar-refractivity contribution in [2.24, 2.45) is 0 Å². The second kappa shape index (κ2) is 6.13. The van der Waals surface area contributed by atoms with Gasteiger partial charge >= 0.3 is 5.97 Å². The maximum atomic E-state index is 13.9. The number of halogens is 1. The molecule has 0 aliphatic rings. The van der Waals surface area contributed by atoms with E-state index in [1.54, 1.807) is 12.1 Å². The molecule has 21 heavy (non-hydrogen) atoms. The number of rotatable bonds is 5. The summed E-state index contributed by atoms with van der Waals surface area (Å²) in [4.78, 5) is 11.0. The van der Waals surface area contributed by atoms with Gasteiger partial charge in [0.1, 0.15) is 12.4 Å². The normalized spacial score (nSPS) is 10.2. The third-order valence-corrected chi connectivity index (χ3v) is 2.91. The van der Waals surface area contributed by atoms with E-state index in [1.165, 1.54) is 31.4 Å². The summed E-state index contributed by atoms with van der Waals surface area (Å²) < 4.78 is 24.2. The van der Waals surface area contributed by atoms with E-state index in [9.17, 15) is 9.18 Å². The molecule has 2 rings (SSSR count). The molecule has 0 unspecified atom stereocenters. The molecule has 0 bridgehead atoms. The molecule has 2 aromatic carbocycles. The SMILES string of the molecule is COc1cccc(COc2ccc(N)c(C(=O)O)c2)c1F. The van der Waals surface area contributed by atoms with Crippen molar-refractivity contribution in [1.29, 1.82) is 0 Å². The van der Waals surface area contributed by atoms with Gasteiger partial charge in [-0.15, -0.1) is 0 Å². The first-order valence-electron chi connectivity index (χ1n) is 6.10. The van der Waals surface area contributed by atoms with Crippen LogP contribution in [0.1, 0.15) is 15.9 Å². The molecular formula is C15H14FNO4. The lowest BCUT2D eigenvalue weighted by molar-refractivity contribution is 0.0697. The minimum atomic E-state index is -1.15. The number of aromatic carboxylic acids is 1. The molecule has 0 heterocycles. The molecule has 5 nitrogen and oxygen atoms in total. The average molecular weight is 291 g/mol. The van der Waals surface area contributed by atoms with Crippen LogP contribution in [0.4, 0.5) is 10.1 Å². The van der Waals surface area contributed by atoms with Crippen LogP contribution in [0.2, 0.25) is 0 Å². The minimum absolute atomic E-state index is 0.0496. The lowest BCUT2D eigenvalue weighted by Gasteiger charge is -2.10. The monoisotopic (exact) mass is 291 g/mol. The summed E-state index contributed by atoms with van der Waals surface area (Å²) in [6.45, 7) is -0.0496. The Morgan fingerprint density at radius 1 is 1.33 bits per heavy atom. The first kappa shape index (κ1) is 14.6. The zero-order valence-electron chi connectivity index (χ0n) is 11.3. The molecule has 6 heteroatoms. The highest BCUT2D eigenvalue weighted by atomic mass is 19.1. The summed E-state index contributed by atoms with van der Waals surface area (Å²) in [5.74, 6) is -1.23. The third-order valence-electron chi connectivity index (χ3n) is 2.91. The summed E-state index contributed by atoms with van der Waals surface area (Å²) in [6, 6.07) is 8.97. The highest BCUT2D eigenvalue weighted by molar-refractivity contribution is 5.94. The Hall–Kier alpha value is -2.76. The Morgan fingerprint density at radius 3 is 2.76 bits per heavy atom. The van der Waals surface area contributed by atoms with Gasteiger partial charge in [0.05, 0.1) is 12.7 Å². The van der Waals surface area contributed by atoms with Crippen LogP contribution in [0.25, 0.3) is 0 Å². The number of ether oxygens (including phenoxy) is 2. The summed E-state index contributed by atoms with van der Waals surface area (Å²) in [6.07, 6.45) is 0. The molecule has 0 spiro atoms. The summed E-state index contributed by atoms with van der Waals surface area (Å²) in [5, 5.41) is 8.98. The molecule has 110 valence electrons. The summed E-state index contributed by atoms with van der Waals surface area (Å²) >= 11 is 0. The lowest BCUT2D eigenvalue weighted by Crippen LogP contribution is -2.04. The van der Waals surface area contributed by atoms with Gasteiger partial charge < -0.3 is 20.3 Å². The number of hydrogen-bond acceptors (Lipinski definition) is 4. The quantitative estimate of drug-likeness (QED) is 0.828. The van der Waals surface area contributed by atoms with E-state index in [1.807, 2.05) is 0 Å². The van der Waals surface area contributed by atoms with Gasteiger partial charge in [0, 0.05) is 11.3 Å². The molecule has 0 amide bonds. The number of nitrogens with two attached hydrogens (primary N) is 1. The highest BCUT2D eigenvalue weighted by Crippen LogP contribution is 2.23. The maximum Gasteiger partial charge on any atom is 0.337 e. The fraction of sp³-hybridized carbons (Fsp3) is 0.133. The number of carboxylic acids is 1. The molecule has 0 aliphatic carbocycles. The molecule has 0 saturated carbocycles. The topological polar surface area (TPSA) is 81.8 Å². The first-order chi connectivity index (χ1) is 10.0. The molecule has 0 radical (unpaired) electrons. The van der Waals surface area contributed by atoms with Crippen molar-refractivity contribution in [3.05, 3.63) is 53.3 Å². The van der Waals surface area contributed by atoms with Crippen molar-refractivity contribution in [2.45, 2.75) is 6.61 Å². The van der Waals surface area contributed by atoms with Crippen molar-refractivity contribution >= 4 is 11.7 Å². The fourth-order valence-corrected chi connectivity index (χ4v) is 1.80. The van der Waals surface area contributed by atoms with Crippen molar-refractivity contribution in [2.75, 3.05) is 12.8 Å². The number of carbonyl (C=O) groups is 1. The average Bonchev–Trinajstić information content (AvgIpc) is 2.47. The molecule has 0 atom stereocenters. The maximum absolute atomic E-state index is 13.9. The first-order valence-corrected chi connectivity index (χ1v) is 6.10. The van der Waals surface area contributed by atoms with Crippen LogP contribution < -0.4 is 15.2 Å². The zero-order valence-corrected chi connectivity index (χ0v) is 11.3. The van der Waals surface area contributed by atoms with E-state index in [2.05, 4.69) is 0 Å². The van der Waals surface area contributed by atoms with Gasteiger partial charge in [-0.05, 0) is 24.3 Å². The van der Waals surface area contributed by atoms with Crippen LogP contribution in [0, 0.1) is 5.82 Å². The van der Waals surface area contributed by atoms with E-state index in [0.717, 1.165) is 0 Å². The van der Waals surface area contributed by atoms with E-state index >= 15 is 0 Å².